The summed E-state index contributed by atoms with van der Waals surface area (Å²) in [5, 5.41) is 3.04. The molecule has 0 aliphatic rings. The van der Waals surface area contributed by atoms with E-state index in [2.05, 4.69) is 5.32 Å². The van der Waals surface area contributed by atoms with Crippen molar-refractivity contribution in [2.45, 2.75) is 65.1 Å². The number of hydrogen-bond donors (Lipinski definition) is 1. The van der Waals surface area contributed by atoms with Crippen LogP contribution in [0.4, 0.5) is 0 Å². The molecule has 2 unspecified atom stereocenters. The smallest absolute Gasteiger partial charge is 0.243 e. The molecule has 2 atom stereocenters. The Bertz CT molecular complexity index is 807. The number of rotatable bonds is 11. The van der Waals surface area contributed by atoms with Crippen LogP contribution in [0.3, 0.4) is 0 Å². The number of ether oxygens (including phenoxy) is 1. The van der Waals surface area contributed by atoms with Crippen molar-refractivity contribution >= 4 is 11.8 Å². The van der Waals surface area contributed by atoms with Crippen LogP contribution in [0.5, 0.6) is 5.75 Å². The molecule has 2 rings (SSSR count). The van der Waals surface area contributed by atoms with Crippen molar-refractivity contribution in [3.05, 3.63) is 65.7 Å². The van der Waals surface area contributed by atoms with E-state index in [9.17, 15) is 9.59 Å². The Labute approximate surface area is 180 Å². The van der Waals surface area contributed by atoms with Crippen molar-refractivity contribution in [2.24, 2.45) is 0 Å². The van der Waals surface area contributed by atoms with E-state index in [1.165, 1.54) is 0 Å². The molecule has 5 heteroatoms. The van der Waals surface area contributed by atoms with Crippen LogP contribution in [0.1, 0.15) is 51.2 Å². The van der Waals surface area contributed by atoms with Gasteiger partial charge in [0.05, 0.1) is 7.11 Å². The fourth-order valence-electron chi connectivity index (χ4n) is 3.37. The predicted molar refractivity (Wildman–Crippen MR) is 120 cm³/mol. The standard InChI is InChI=1S/C25H34N2O3/c1-5-19(3)26-25(29)23(6-2)27(18-21-13-10-14-22(17-21)30-4)24(28)16-15-20-11-8-7-9-12-20/h7-14,17,19,23H,5-6,15-16,18H2,1-4H3,(H,26,29). The highest BCUT2D eigenvalue weighted by atomic mass is 16.5. The maximum Gasteiger partial charge on any atom is 0.243 e. The van der Waals surface area contributed by atoms with E-state index in [0.717, 1.165) is 23.3 Å². The van der Waals surface area contributed by atoms with Gasteiger partial charge in [-0.25, -0.2) is 0 Å². The van der Waals surface area contributed by atoms with Gasteiger partial charge in [0.15, 0.2) is 0 Å². The number of methoxy groups -OCH3 is 1. The summed E-state index contributed by atoms with van der Waals surface area (Å²) in [6.07, 6.45) is 2.42. The highest BCUT2D eigenvalue weighted by Gasteiger charge is 2.29. The quantitative estimate of drug-likeness (QED) is 0.599. The van der Waals surface area contributed by atoms with Crippen LogP contribution < -0.4 is 10.1 Å². The summed E-state index contributed by atoms with van der Waals surface area (Å²) >= 11 is 0. The van der Waals surface area contributed by atoms with E-state index in [1.807, 2.05) is 75.4 Å². The molecule has 0 fully saturated rings. The van der Waals surface area contributed by atoms with Crippen LogP contribution in [0.2, 0.25) is 0 Å². The van der Waals surface area contributed by atoms with E-state index >= 15 is 0 Å². The van der Waals surface area contributed by atoms with Gasteiger partial charge in [0, 0.05) is 19.0 Å². The van der Waals surface area contributed by atoms with Gasteiger partial charge in [-0.2, -0.15) is 0 Å². The van der Waals surface area contributed by atoms with Gasteiger partial charge in [-0.15, -0.1) is 0 Å². The molecule has 0 bridgehead atoms. The molecule has 0 heterocycles. The number of carbonyl (C=O) groups is 2. The lowest BCUT2D eigenvalue weighted by molar-refractivity contribution is -0.141. The third kappa shape index (κ3) is 6.90. The van der Waals surface area contributed by atoms with E-state index in [0.29, 0.717) is 25.8 Å². The fourth-order valence-corrected chi connectivity index (χ4v) is 3.37. The summed E-state index contributed by atoms with van der Waals surface area (Å²) in [6, 6.07) is 17.2. The number of nitrogens with zero attached hydrogens (tertiary/aromatic N) is 1. The zero-order valence-corrected chi connectivity index (χ0v) is 18.6. The maximum atomic E-state index is 13.3. The predicted octanol–water partition coefficient (Wildman–Crippen LogP) is 4.35. The number of aryl methyl sites for hydroxylation is 1. The SMILES string of the molecule is CCC(C)NC(=O)C(CC)N(Cc1cccc(OC)c1)C(=O)CCc1ccccc1. The van der Waals surface area contributed by atoms with Crippen LogP contribution in [-0.2, 0) is 22.6 Å². The minimum Gasteiger partial charge on any atom is -0.497 e. The third-order valence-electron chi connectivity index (χ3n) is 5.34. The first-order valence-electron chi connectivity index (χ1n) is 10.7. The summed E-state index contributed by atoms with van der Waals surface area (Å²) in [7, 11) is 1.62. The average molecular weight is 411 g/mol. The van der Waals surface area contributed by atoms with Crippen LogP contribution in [0, 0.1) is 0 Å². The Morgan fingerprint density at radius 2 is 1.70 bits per heavy atom. The van der Waals surface area contributed by atoms with Crippen molar-refractivity contribution in [2.75, 3.05) is 7.11 Å². The van der Waals surface area contributed by atoms with Gasteiger partial charge < -0.3 is 15.0 Å². The molecule has 0 saturated carbocycles. The highest BCUT2D eigenvalue weighted by molar-refractivity contribution is 5.87. The molecule has 5 nitrogen and oxygen atoms in total. The van der Waals surface area contributed by atoms with Crippen molar-refractivity contribution in [1.29, 1.82) is 0 Å². The Hall–Kier alpha value is -2.82. The number of carbonyl (C=O) groups excluding carboxylic acids is 2. The lowest BCUT2D eigenvalue weighted by Gasteiger charge is -2.31. The molecule has 2 aromatic carbocycles. The first-order valence-corrected chi connectivity index (χ1v) is 10.7. The largest absolute Gasteiger partial charge is 0.497 e. The number of nitrogens with one attached hydrogen (secondary N) is 1. The lowest BCUT2D eigenvalue weighted by Crippen LogP contribution is -2.50. The van der Waals surface area contributed by atoms with Gasteiger partial charge in [0.1, 0.15) is 11.8 Å². The maximum absolute atomic E-state index is 13.3. The molecule has 30 heavy (non-hydrogen) atoms. The van der Waals surface area contributed by atoms with E-state index < -0.39 is 6.04 Å². The van der Waals surface area contributed by atoms with Gasteiger partial charge in [-0.3, -0.25) is 9.59 Å². The van der Waals surface area contributed by atoms with E-state index in [1.54, 1.807) is 12.0 Å². The summed E-state index contributed by atoms with van der Waals surface area (Å²) in [4.78, 5) is 27.9. The molecule has 2 aromatic rings. The molecule has 162 valence electrons. The van der Waals surface area contributed by atoms with Crippen molar-refractivity contribution in [1.82, 2.24) is 10.2 Å². The molecule has 0 radical (unpaired) electrons. The fraction of sp³-hybridized carbons (Fsp3) is 0.440. The van der Waals surface area contributed by atoms with Gasteiger partial charge >= 0.3 is 0 Å². The van der Waals surface area contributed by atoms with Gasteiger partial charge in [0.25, 0.3) is 0 Å². The van der Waals surface area contributed by atoms with Crippen LogP contribution >= 0.6 is 0 Å². The number of amides is 2. The molecule has 1 N–H and O–H groups in total. The van der Waals surface area contributed by atoms with Crippen LogP contribution in [-0.4, -0.2) is 35.9 Å². The van der Waals surface area contributed by atoms with E-state index in [4.69, 9.17) is 4.74 Å². The molecule has 0 aliphatic carbocycles. The molecule has 0 spiro atoms. The summed E-state index contributed by atoms with van der Waals surface area (Å²) in [5.41, 5.74) is 2.06. The Kier molecular flexibility index (Phi) is 9.39. The minimum atomic E-state index is -0.506. The molecule has 0 saturated heterocycles. The second kappa shape index (κ2) is 12.0. The van der Waals surface area contributed by atoms with Crippen molar-refractivity contribution in [3.8, 4) is 5.75 Å². The molecule has 0 aromatic heterocycles. The average Bonchev–Trinajstić information content (AvgIpc) is 2.78. The van der Waals surface area contributed by atoms with Gasteiger partial charge in [-0.1, -0.05) is 56.3 Å². The van der Waals surface area contributed by atoms with Gasteiger partial charge in [0.2, 0.25) is 11.8 Å². The Morgan fingerprint density at radius 3 is 2.33 bits per heavy atom. The van der Waals surface area contributed by atoms with Crippen LogP contribution in [0.15, 0.2) is 54.6 Å². The first-order chi connectivity index (χ1) is 14.5. The molecular weight excluding hydrogens is 376 g/mol. The minimum absolute atomic E-state index is 0.0205. The topological polar surface area (TPSA) is 58.6 Å². The number of hydrogen-bond acceptors (Lipinski definition) is 3. The molecule has 2 amide bonds. The monoisotopic (exact) mass is 410 g/mol. The van der Waals surface area contributed by atoms with Crippen molar-refractivity contribution < 1.29 is 14.3 Å². The van der Waals surface area contributed by atoms with Crippen molar-refractivity contribution in [3.63, 3.8) is 0 Å². The number of benzene rings is 2. The van der Waals surface area contributed by atoms with Gasteiger partial charge in [-0.05, 0) is 49.4 Å². The van der Waals surface area contributed by atoms with Crippen LogP contribution in [0.25, 0.3) is 0 Å². The Balaban J connectivity index is 2.22. The normalized spacial score (nSPS) is 12.7. The molecular formula is C25H34N2O3. The third-order valence-corrected chi connectivity index (χ3v) is 5.34. The summed E-state index contributed by atoms with van der Waals surface area (Å²) < 4.78 is 5.32. The highest BCUT2D eigenvalue weighted by Crippen LogP contribution is 2.19. The second-order valence-electron chi connectivity index (χ2n) is 7.60. The summed E-state index contributed by atoms with van der Waals surface area (Å²) in [6.45, 7) is 6.33. The lowest BCUT2D eigenvalue weighted by atomic mass is 10.1. The van der Waals surface area contributed by atoms with E-state index in [-0.39, 0.29) is 17.9 Å². The Morgan fingerprint density at radius 1 is 1.00 bits per heavy atom. The zero-order valence-electron chi connectivity index (χ0n) is 18.6. The first kappa shape index (κ1) is 23.5. The molecule has 0 aliphatic heterocycles. The zero-order chi connectivity index (χ0) is 21.9. The second-order valence-corrected chi connectivity index (χ2v) is 7.60. The summed E-state index contributed by atoms with van der Waals surface area (Å²) in [5.74, 6) is 0.622.